The Morgan fingerprint density at radius 2 is 1.75 bits per heavy atom. The predicted octanol–water partition coefficient (Wildman–Crippen LogP) is 4.35. The van der Waals surface area contributed by atoms with Crippen molar-refractivity contribution in [3.05, 3.63) is 64.8 Å². The molecule has 3 rings (SSSR count). The van der Waals surface area contributed by atoms with Crippen LogP contribution in [0.4, 0.5) is 5.69 Å². The largest absolute Gasteiger partial charge is 0.389 e. The van der Waals surface area contributed by atoms with E-state index >= 15 is 0 Å². The summed E-state index contributed by atoms with van der Waals surface area (Å²) in [5.74, 6) is 0. The number of hydrogen-bond donors (Lipinski definition) is 2. The maximum atomic E-state index is 10.5. The van der Waals surface area contributed by atoms with Crippen LogP contribution in [-0.4, -0.2) is 22.3 Å². The van der Waals surface area contributed by atoms with Gasteiger partial charge in [-0.25, -0.2) is 0 Å². The van der Waals surface area contributed by atoms with Crippen LogP contribution in [0.2, 0.25) is 0 Å². The summed E-state index contributed by atoms with van der Waals surface area (Å²) in [6.07, 6.45) is -0.444. The minimum Gasteiger partial charge on any atom is -0.389 e. The highest BCUT2D eigenvalue weighted by atomic mass is 16.3. The van der Waals surface area contributed by atoms with Crippen LogP contribution in [0.25, 0.3) is 10.9 Å². The normalized spacial score (nSPS) is 12.5. The molecule has 0 aliphatic heterocycles. The number of rotatable bonds is 5. The summed E-state index contributed by atoms with van der Waals surface area (Å²) in [6.45, 7) is 9.61. The zero-order chi connectivity index (χ0) is 17.3. The van der Waals surface area contributed by atoms with Crippen molar-refractivity contribution in [2.24, 2.45) is 0 Å². The molecule has 0 spiro atoms. The smallest absolute Gasteiger partial charge is 0.0891 e. The van der Waals surface area contributed by atoms with Crippen LogP contribution in [0.5, 0.6) is 0 Å². The first-order chi connectivity index (χ1) is 11.5. The number of nitrogens with one attached hydrogen (secondary N) is 1. The third-order valence-electron chi connectivity index (χ3n) is 4.99. The highest BCUT2D eigenvalue weighted by molar-refractivity contribution is 5.85. The van der Waals surface area contributed by atoms with E-state index in [0.29, 0.717) is 13.1 Å². The third kappa shape index (κ3) is 3.17. The first-order valence-corrected chi connectivity index (χ1v) is 8.51. The molecule has 0 aliphatic carbocycles. The minimum absolute atomic E-state index is 0.444. The molecular formula is C21H26N2O. The SMILES string of the molecule is Cc1ccc(NC[C@@H](O)Cn2c(C)c(C)c3ccccc32)cc1C. The zero-order valence-corrected chi connectivity index (χ0v) is 14.9. The molecule has 0 fully saturated rings. The van der Waals surface area contributed by atoms with E-state index in [4.69, 9.17) is 0 Å². The average molecular weight is 322 g/mol. The Hall–Kier alpha value is -2.26. The van der Waals surface area contributed by atoms with Gasteiger partial charge in [-0.05, 0) is 62.6 Å². The second-order valence-electron chi connectivity index (χ2n) is 6.67. The number of aryl methyl sites for hydroxylation is 3. The highest BCUT2D eigenvalue weighted by Crippen LogP contribution is 2.25. The van der Waals surface area contributed by atoms with Crippen LogP contribution >= 0.6 is 0 Å². The van der Waals surface area contributed by atoms with E-state index in [1.807, 2.05) is 0 Å². The molecular weight excluding hydrogens is 296 g/mol. The number of benzene rings is 2. The summed E-state index contributed by atoms with van der Waals surface area (Å²) < 4.78 is 2.22. The van der Waals surface area contributed by atoms with Gasteiger partial charge in [0.1, 0.15) is 0 Å². The van der Waals surface area contributed by atoms with Gasteiger partial charge in [-0.15, -0.1) is 0 Å². The number of aliphatic hydroxyl groups is 1. The van der Waals surface area contributed by atoms with Crippen molar-refractivity contribution in [3.63, 3.8) is 0 Å². The first-order valence-electron chi connectivity index (χ1n) is 8.51. The Morgan fingerprint density at radius 1 is 1.00 bits per heavy atom. The molecule has 3 heteroatoms. The van der Waals surface area contributed by atoms with E-state index in [1.165, 1.54) is 33.3 Å². The summed E-state index contributed by atoms with van der Waals surface area (Å²) in [7, 11) is 0. The number of nitrogens with zero attached hydrogens (tertiary/aromatic N) is 1. The van der Waals surface area contributed by atoms with E-state index in [2.05, 4.69) is 80.0 Å². The van der Waals surface area contributed by atoms with Crippen molar-refractivity contribution in [3.8, 4) is 0 Å². The predicted molar refractivity (Wildman–Crippen MR) is 102 cm³/mol. The molecule has 0 saturated carbocycles. The Bertz CT molecular complexity index is 864. The number of aliphatic hydroxyl groups excluding tert-OH is 1. The van der Waals surface area contributed by atoms with E-state index in [9.17, 15) is 5.11 Å². The van der Waals surface area contributed by atoms with Crippen LogP contribution in [0.1, 0.15) is 22.4 Å². The summed E-state index contributed by atoms with van der Waals surface area (Å²) in [5, 5.41) is 15.1. The molecule has 24 heavy (non-hydrogen) atoms. The van der Waals surface area contributed by atoms with Crippen molar-refractivity contribution >= 4 is 16.6 Å². The lowest BCUT2D eigenvalue weighted by atomic mass is 10.1. The molecule has 0 aliphatic rings. The Morgan fingerprint density at radius 3 is 2.50 bits per heavy atom. The number of fused-ring (bicyclic) bond motifs is 1. The molecule has 1 aromatic heterocycles. The van der Waals surface area contributed by atoms with Crippen molar-refractivity contribution in [2.45, 2.75) is 40.3 Å². The maximum absolute atomic E-state index is 10.5. The monoisotopic (exact) mass is 322 g/mol. The average Bonchev–Trinajstić information content (AvgIpc) is 2.81. The Kier molecular flexibility index (Phi) is 4.63. The summed E-state index contributed by atoms with van der Waals surface area (Å²) in [5.41, 5.74) is 7.31. The molecule has 0 bridgehead atoms. The fourth-order valence-corrected chi connectivity index (χ4v) is 3.20. The summed E-state index contributed by atoms with van der Waals surface area (Å²) in [4.78, 5) is 0. The molecule has 0 saturated heterocycles. The van der Waals surface area contributed by atoms with Crippen molar-refractivity contribution in [1.82, 2.24) is 4.57 Å². The summed E-state index contributed by atoms with van der Waals surface area (Å²) >= 11 is 0. The standard InChI is InChI=1S/C21H26N2O/c1-14-9-10-18(11-15(14)2)22-12-19(24)13-23-17(4)16(3)20-7-5-6-8-21(20)23/h5-11,19,22,24H,12-13H2,1-4H3/t19-/m1/s1. The van der Waals surface area contributed by atoms with Crippen LogP contribution < -0.4 is 5.32 Å². The van der Waals surface area contributed by atoms with Gasteiger partial charge in [-0.3, -0.25) is 0 Å². The fraction of sp³-hybridized carbons (Fsp3) is 0.333. The molecule has 1 heterocycles. The van der Waals surface area contributed by atoms with Gasteiger partial charge in [-0.2, -0.15) is 0 Å². The molecule has 126 valence electrons. The Labute approximate surface area is 143 Å². The highest BCUT2D eigenvalue weighted by Gasteiger charge is 2.13. The number of para-hydroxylation sites is 1. The van der Waals surface area contributed by atoms with Crippen LogP contribution in [0.3, 0.4) is 0 Å². The molecule has 0 amide bonds. The zero-order valence-electron chi connectivity index (χ0n) is 14.9. The van der Waals surface area contributed by atoms with Crippen LogP contribution in [0.15, 0.2) is 42.5 Å². The number of anilines is 1. The van der Waals surface area contributed by atoms with Gasteiger partial charge in [-0.1, -0.05) is 24.3 Å². The molecule has 3 nitrogen and oxygen atoms in total. The Balaban J connectivity index is 1.72. The second kappa shape index (κ2) is 6.70. The van der Waals surface area contributed by atoms with E-state index in [0.717, 1.165) is 5.69 Å². The second-order valence-corrected chi connectivity index (χ2v) is 6.67. The topological polar surface area (TPSA) is 37.2 Å². The molecule has 2 N–H and O–H groups in total. The fourth-order valence-electron chi connectivity index (χ4n) is 3.20. The minimum atomic E-state index is -0.444. The van der Waals surface area contributed by atoms with Gasteiger partial charge in [0.2, 0.25) is 0 Å². The molecule has 1 atom stereocenters. The van der Waals surface area contributed by atoms with Crippen molar-refractivity contribution in [1.29, 1.82) is 0 Å². The quantitative estimate of drug-likeness (QED) is 0.733. The lowest BCUT2D eigenvalue weighted by Gasteiger charge is -2.16. The molecule has 3 aromatic rings. The van der Waals surface area contributed by atoms with Crippen molar-refractivity contribution in [2.75, 3.05) is 11.9 Å². The van der Waals surface area contributed by atoms with Crippen LogP contribution in [-0.2, 0) is 6.54 Å². The van der Waals surface area contributed by atoms with Gasteiger partial charge in [0.15, 0.2) is 0 Å². The van der Waals surface area contributed by atoms with Gasteiger partial charge < -0.3 is 15.0 Å². The van der Waals surface area contributed by atoms with Gasteiger partial charge >= 0.3 is 0 Å². The van der Waals surface area contributed by atoms with Crippen molar-refractivity contribution < 1.29 is 5.11 Å². The summed E-state index contributed by atoms with van der Waals surface area (Å²) in [6, 6.07) is 14.7. The van der Waals surface area contributed by atoms with Gasteiger partial charge in [0.05, 0.1) is 12.6 Å². The van der Waals surface area contributed by atoms with E-state index < -0.39 is 6.10 Å². The first kappa shape index (κ1) is 16.6. The molecule has 2 aromatic carbocycles. The maximum Gasteiger partial charge on any atom is 0.0891 e. The van der Waals surface area contributed by atoms with Gasteiger partial charge in [0.25, 0.3) is 0 Å². The van der Waals surface area contributed by atoms with E-state index in [-0.39, 0.29) is 0 Å². The molecule has 0 unspecified atom stereocenters. The number of aromatic nitrogens is 1. The lowest BCUT2D eigenvalue weighted by Crippen LogP contribution is -2.25. The van der Waals surface area contributed by atoms with Gasteiger partial charge in [0, 0.05) is 28.8 Å². The third-order valence-corrected chi connectivity index (χ3v) is 4.99. The molecule has 0 radical (unpaired) electrons. The number of hydrogen-bond acceptors (Lipinski definition) is 2. The van der Waals surface area contributed by atoms with Crippen LogP contribution in [0, 0.1) is 27.7 Å². The van der Waals surface area contributed by atoms with E-state index in [1.54, 1.807) is 0 Å². The lowest BCUT2D eigenvalue weighted by molar-refractivity contribution is 0.167.